The SMILES string of the molecule is O=C(Nc1cc(-c2cc(OCC3CCOCC3)ccc2F)c(F)cn1)c1nnc(Cc2ccccc2F)[nH]1. The largest absolute Gasteiger partial charge is 0.493 e. The number of anilines is 1. The molecule has 2 aromatic carbocycles. The summed E-state index contributed by atoms with van der Waals surface area (Å²) in [4.78, 5) is 19.3. The first-order chi connectivity index (χ1) is 18.5. The lowest BCUT2D eigenvalue weighted by atomic mass is 10.0. The summed E-state index contributed by atoms with van der Waals surface area (Å²) in [5.41, 5.74) is 0.264. The van der Waals surface area contributed by atoms with Gasteiger partial charge in [0.2, 0.25) is 5.82 Å². The van der Waals surface area contributed by atoms with E-state index >= 15 is 0 Å². The fourth-order valence-corrected chi connectivity index (χ4v) is 4.12. The van der Waals surface area contributed by atoms with E-state index in [1.165, 1.54) is 30.3 Å². The predicted molar refractivity (Wildman–Crippen MR) is 132 cm³/mol. The Labute approximate surface area is 216 Å². The van der Waals surface area contributed by atoms with Crippen molar-refractivity contribution in [2.24, 2.45) is 5.92 Å². The maximum atomic E-state index is 14.7. The number of carbonyl (C=O) groups is 1. The molecular weight excluding hydrogens is 499 g/mol. The molecule has 1 aliphatic rings. The molecule has 2 aromatic heterocycles. The van der Waals surface area contributed by atoms with Gasteiger partial charge in [-0.3, -0.25) is 4.79 Å². The fourth-order valence-electron chi connectivity index (χ4n) is 4.12. The van der Waals surface area contributed by atoms with Crippen LogP contribution in [0.25, 0.3) is 11.1 Å². The Balaban J connectivity index is 1.29. The van der Waals surface area contributed by atoms with Gasteiger partial charge in [-0.15, -0.1) is 10.2 Å². The second-order valence-electron chi connectivity index (χ2n) is 8.90. The molecule has 0 radical (unpaired) electrons. The maximum Gasteiger partial charge on any atom is 0.294 e. The number of nitrogens with one attached hydrogen (secondary N) is 2. The number of hydrogen-bond donors (Lipinski definition) is 2. The number of carbonyl (C=O) groups excluding carboxylic acids is 1. The van der Waals surface area contributed by atoms with Crippen LogP contribution in [0.3, 0.4) is 0 Å². The number of hydrogen-bond acceptors (Lipinski definition) is 6. The summed E-state index contributed by atoms with van der Waals surface area (Å²) in [5.74, 6) is -1.66. The minimum atomic E-state index is -0.768. The summed E-state index contributed by atoms with van der Waals surface area (Å²) in [5, 5.41) is 10.2. The molecule has 11 heteroatoms. The van der Waals surface area contributed by atoms with Crippen molar-refractivity contribution in [1.82, 2.24) is 20.2 Å². The summed E-state index contributed by atoms with van der Waals surface area (Å²) in [6, 6.07) is 11.5. The van der Waals surface area contributed by atoms with Gasteiger partial charge in [0.05, 0.1) is 12.8 Å². The molecule has 1 amide bonds. The standard InChI is InChI=1S/C27H24F3N5O3/c28-21-4-2-1-3-17(21)11-25-32-26(35-34-25)27(36)33-24-13-20(23(30)14-31-24)19-12-18(5-6-22(19)29)38-15-16-7-9-37-10-8-16/h1-6,12-14,16H,7-11,15H2,(H,31,33,36)(H,32,34,35). The van der Waals surface area contributed by atoms with Crippen molar-refractivity contribution in [2.45, 2.75) is 19.3 Å². The number of rotatable bonds is 8. The zero-order valence-corrected chi connectivity index (χ0v) is 20.2. The number of benzene rings is 2. The molecule has 0 unspecified atom stereocenters. The van der Waals surface area contributed by atoms with Crippen molar-refractivity contribution in [1.29, 1.82) is 0 Å². The van der Waals surface area contributed by atoms with E-state index < -0.39 is 23.4 Å². The van der Waals surface area contributed by atoms with E-state index in [1.807, 2.05) is 0 Å². The van der Waals surface area contributed by atoms with Gasteiger partial charge in [0.15, 0.2) is 0 Å². The molecule has 1 fully saturated rings. The Hall–Kier alpha value is -4.25. The van der Waals surface area contributed by atoms with Crippen LogP contribution in [0, 0.1) is 23.4 Å². The van der Waals surface area contributed by atoms with E-state index in [2.05, 4.69) is 25.5 Å². The molecule has 0 aliphatic carbocycles. The highest BCUT2D eigenvalue weighted by Gasteiger charge is 2.19. The first kappa shape index (κ1) is 25.4. The fraction of sp³-hybridized carbons (Fsp3) is 0.259. The lowest BCUT2D eigenvalue weighted by Gasteiger charge is -2.22. The van der Waals surface area contributed by atoms with Crippen LogP contribution in [0.1, 0.15) is 34.8 Å². The average molecular weight is 524 g/mol. The van der Waals surface area contributed by atoms with E-state index in [-0.39, 0.29) is 35.0 Å². The molecule has 196 valence electrons. The third kappa shape index (κ3) is 6.00. The Bertz CT molecular complexity index is 1440. The Morgan fingerprint density at radius 1 is 1.00 bits per heavy atom. The van der Waals surface area contributed by atoms with Gasteiger partial charge in [0.25, 0.3) is 5.91 Å². The number of H-pyrrole nitrogens is 1. The zero-order chi connectivity index (χ0) is 26.5. The number of ether oxygens (including phenoxy) is 2. The van der Waals surface area contributed by atoms with Gasteiger partial charge < -0.3 is 19.8 Å². The van der Waals surface area contributed by atoms with Crippen molar-refractivity contribution < 1.29 is 27.4 Å². The van der Waals surface area contributed by atoms with Crippen molar-refractivity contribution in [3.63, 3.8) is 0 Å². The third-order valence-electron chi connectivity index (χ3n) is 6.22. The molecule has 5 rings (SSSR count). The maximum absolute atomic E-state index is 14.7. The van der Waals surface area contributed by atoms with Crippen LogP contribution in [0.2, 0.25) is 0 Å². The Kier molecular flexibility index (Phi) is 7.64. The minimum absolute atomic E-state index is 0.0219. The van der Waals surface area contributed by atoms with Crippen molar-refractivity contribution in [2.75, 3.05) is 25.1 Å². The van der Waals surface area contributed by atoms with Gasteiger partial charge in [-0.2, -0.15) is 0 Å². The van der Waals surface area contributed by atoms with Gasteiger partial charge in [-0.25, -0.2) is 18.2 Å². The van der Waals surface area contributed by atoms with Gasteiger partial charge in [-0.05, 0) is 54.7 Å². The summed E-state index contributed by atoms with van der Waals surface area (Å²) in [7, 11) is 0. The van der Waals surface area contributed by atoms with Crippen LogP contribution in [-0.4, -0.2) is 45.9 Å². The van der Waals surface area contributed by atoms with Crippen LogP contribution in [0.15, 0.2) is 54.7 Å². The molecule has 0 bridgehead atoms. The second kappa shape index (κ2) is 11.4. The highest BCUT2D eigenvalue weighted by molar-refractivity contribution is 6.01. The number of amides is 1. The van der Waals surface area contributed by atoms with E-state index in [9.17, 15) is 18.0 Å². The highest BCUT2D eigenvalue weighted by atomic mass is 19.1. The Morgan fingerprint density at radius 2 is 1.79 bits per heavy atom. The first-order valence-corrected chi connectivity index (χ1v) is 12.1. The number of halogens is 3. The summed E-state index contributed by atoms with van der Waals surface area (Å²) >= 11 is 0. The number of aromatic nitrogens is 4. The van der Waals surface area contributed by atoms with Gasteiger partial charge in [0.1, 0.15) is 34.8 Å². The highest BCUT2D eigenvalue weighted by Crippen LogP contribution is 2.31. The van der Waals surface area contributed by atoms with Crippen LogP contribution in [-0.2, 0) is 11.2 Å². The molecule has 1 aliphatic heterocycles. The van der Waals surface area contributed by atoms with Crippen LogP contribution < -0.4 is 10.1 Å². The number of aromatic amines is 1. The summed E-state index contributed by atoms with van der Waals surface area (Å²) in [6.07, 6.45) is 2.76. The van der Waals surface area contributed by atoms with Gasteiger partial charge >= 0.3 is 0 Å². The average Bonchev–Trinajstić information content (AvgIpc) is 3.40. The lowest BCUT2D eigenvalue weighted by Crippen LogP contribution is -2.21. The van der Waals surface area contributed by atoms with E-state index in [0.717, 1.165) is 19.0 Å². The quantitative estimate of drug-likeness (QED) is 0.340. The van der Waals surface area contributed by atoms with E-state index in [0.29, 0.717) is 37.1 Å². The molecular formula is C27H24F3N5O3. The number of pyridine rings is 1. The molecule has 0 spiro atoms. The molecule has 2 N–H and O–H groups in total. The topological polar surface area (TPSA) is 102 Å². The lowest BCUT2D eigenvalue weighted by molar-refractivity contribution is 0.0497. The monoisotopic (exact) mass is 523 g/mol. The van der Waals surface area contributed by atoms with E-state index in [1.54, 1.807) is 18.2 Å². The molecule has 0 atom stereocenters. The predicted octanol–water partition coefficient (Wildman–Crippen LogP) is 4.93. The van der Waals surface area contributed by atoms with Gasteiger partial charge in [0, 0.05) is 30.8 Å². The molecule has 3 heterocycles. The summed E-state index contributed by atoms with van der Waals surface area (Å²) < 4.78 is 54.5. The smallest absolute Gasteiger partial charge is 0.294 e. The minimum Gasteiger partial charge on any atom is -0.493 e. The van der Waals surface area contributed by atoms with Gasteiger partial charge in [-0.1, -0.05) is 18.2 Å². The normalized spacial score (nSPS) is 13.9. The number of nitrogens with zero attached hydrogens (tertiary/aromatic N) is 3. The van der Waals surface area contributed by atoms with Crippen molar-refractivity contribution >= 4 is 11.7 Å². The molecule has 4 aromatic rings. The van der Waals surface area contributed by atoms with Crippen LogP contribution >= 0.6 is 0 Å². The van der Waals surface area contributed by atoms with Crippen molar-refractivity contribution in [3.05, 3.63) is 89.4 Å². The molecule has 38 heavy (non-hydrogen) atoms. The Morgan fingerprint density at radius 3 is 2.61 bits per heavy atom. The van der Waals surface area contributed by atoms with Crippen molar-refractivity contribution in [3.8, 4) is 16.9 Å². The zero-order valence-electron chi connectivity index (χ0n) is 20.2. The molecule has 8 nitrogen and oxygen atoms in total. The third-order valence-corrected chi connectivity index (χ3v) is 6.22. The molecule has 0 saturated carbocycles. The summed E-state index contributed by atoms with van der Waals surface area (Å²) in [6.45, 7) is 1.81. The van der Waals surface area contributed by atoms with E-state index in [4.69, 9.17) is 9.47 Å². The second-order valence-corrected chi connectivity index (χ2v) is 8.90. The first-order valence-electron chi connectivity index (χ1n) is 12.1. The van der Waals surface area contributed by atoms with Crippen LogP contribution in [0.5, 0.6) is 5.75 Å². The molecule has 1 saturated heterocycles. The van der Waals surface area contributed by atoms with Crippen LogP contribution in [0.4, 0.5) is 19.0 Å².